The third kappa shape index (κ3) is 3.05. The summed E-state index contributed by atoms with van der Waals surface area (Å²) < 4.78 is 34.1. The van der Waals surface area contributed by atoms with Gasteiger partial charge in [-0.15, -0.1) is 0 Å². The minimum absolute atomic E-state index is 0.0662. The molecule has 0 aliphatic carbocycles. The monoisotopic (exact) mass is 299 g/mol. The Morgan fingerprint density at radius 1 is 1.35 bits per heavy atom. The second-order valence-corrected chi connectivity index (χ2v) is 7.64. The molecule has 2 aliphatic rings. The van der Waals surface area contributed by atoms with E-state index in [1.165, 1.54) is 0 Å². The van der Waals surface area contributed by atoms with Crippen molar-refractivity contribution in [2.45, 2.75) is 31.8 Å². The third-order valence-corrected chi connectivity index (χ3v) is 6.22. The SMILES string of the molecule is O=S(=O)(C[C@H]1CCOC1)N1CCC[C@@H]1Cn1ccnc1. The van der Waals surface area contributed by atoms with Crippen LogP contribution in [0.15, 0.2) is 18.7 Å². The lowest BCUT2D eigenvalue weighted by Gasteiger charge is -2.25. The van der Waals surface area contributed by atoms with Gasteiger partial charge in [-0.1, -0.05) is 0 Å². The van der Waals surface area contributed by atoms with Crippen LogP contribution in [-0.4, -0.2) is 53.8 Å². The average molecular weight is 299 g/mol. The fraction of sp³-hybridized carbons (Fsp3) is 0.769. The molecule has 0 unspecified atom stereocenters. The normalized spacial score (nSPS) is 28.2. The van der Waals surface area contributed by atoms with Crippen LogP contribution in [0.3, 0.4) is 0 Å². The minimum Gasteiger partial charge on any atom is -0.381 e. The molecule has 2 saturated heterocycles. The predicted molar refractivity (Wildman–Crippen MR) is 74.7 cm³/mol. The number of ether oxygens (including phenoxy) is 1. The molecule has 1 aromatic heterocycles. The number of aromatic nitrogens is 2. The smallest absolute Gasteiger partial charge is 0.214 e. The van der Waals surface area contributed by atoms with Crippen molar-refractivity contribution in [2.24, 2.45) is 5.92 Å². The molecular weight excluding hydrogens is 278 g/mol. The Hall–Kier alpha value is -0.920. The molecule has 0 bridgehead atoms. The van der Waals surface area contributed by atoms with Gasteiger partial charge in [0.05, 0.1) is 18.7 Å². The van der Waals surface area contributed by atoms with Crippen molar-refractivity contribution in [1.82, 2.24) is 13.9 Å². The maximum Gasteiger partial charge on any atom is 0.214 e. The van der Waals surface area contributed by atoms with Crippen LogP contribution < -0.4 is 0 Å². The Balaban J connectivity index is 1.67. The highest BCUT2D eigenvalue weighted by Crippen LogP contribution is 2.25. The highest BCUT2D eigenvalue weighted by Gasteiger charge is 2.36. The molecule has 3 rings (SSSR count). The first-order valence-corrected chi connectivity index (χ1v) is 8.79. The fourth-order valence-electron chi connectivity index (χ4n) is 3.10. The maximum absolute atomic E-state index is 12.6. The first-order chi connectivity index (χ1) is 9.65. The van der Waals surface area contributed by atoms with Gasteiger partial charge in [-0.2, -0.15) is 4.31 Å². The summed E-state index contributed by atoms with van der Waals surface area (Å²) >= 11 is 0. The van der Waals surface area contributed by atoms with Crippen molar-refractivity contribution in [3.63, 3.8) is 0 Å². The van der Waals surface area contributed by atoms with Gasteiger partial charge in [-0.25, -0.2) is 13.4 Å². The summed E-state index contributed by atoms with van der Waals surface area (Å²) in [5, 5.41) is 0. The van der Waals surface area contributed by atoms with E-state index in [4.69, 9.17) is 4.74 Å². The van der Waals surface area contributed by atoms with Crippen LogP contribution in [-0.2, 0) is 21.3 Å². The molecule has 7 heteroatoms. The van der Waals surface area contributed by atoms with Crippen molar-refractivity contribution in [2.75, 3.05) is 25.5 Å². The van der Waals surface area contributed by atoms with E-state index in [1.807, 2.05) is 10.8 Å². The van der Waals surface area contributed by atoms with Crippen LogP contribution in [0.2, 0.25) is 0 Å². The zero-order valence-corrected chi connectivity index (χ0v) is 12.3. The lowest BCUT2D eigenvalue weighted by Crippen LogP contribution is -2.40. The van der Waals surface area contributed by atoms with Crippen molar-refractivity contribution in [3.8, 4) is 0 Å². The molecule has 2 aliphatic heterocycles. The highest BCUT2D eigenvalue weighted by atomic mass is 32.2. The largest absolute Gasteiger partial charge is 0.381 e. The average Bonchev–Trinajstić information content (AvgIpc) is 3.10. The third-order valence-electron chi connectivity index (χ3n) is 4.13. The molecule has 0 N–H and O–H groups in total. The topological polar surface area (TPSA) is 64.4 Å². The zero-order chi connectivity index (χ0) is 14.0. The van der Waals surface area contributed by atoms with Gasteiger partial charge in [0, 0.05) is 38.1 Å². The molecule has 3 heterocycles. The molecule has 0 aromatic carbocycles. The van der Waals surface area contributed by atoms with Gasteiger partial charge in [0.1, 0.15) is 0 Å². The number of nitrogens with zero attached hydrogens (tertiary/aromatic N) is 3. The fourth-order valence-corrected chi connectivity index (χ4v) is 5.19. The van der Waals surface area contributed by atoms with Crippen molar-refractivity contribution in [1.29, 1.82) is 0 Å². The Kier molecular flexibility index (Phi) is 4.09. The maximum atomic E-state index is 12.6. The lowest BCUT2D eigenvalue weighted by atomic mass is 10.2. The molecule has 2 fully saturated rings. The first kappa shape index (κ1) is 14.0. The van der Waals surface area contributed by atoms with E-state index < -0.39 is 10.0 Å². The van der Waals surface area contributed by atoms with Gasteiger partial charge in [0.2, 0.25) is 10.0 Å². The first-order valence-electron chi connectivity index (χ1n) is 7.18. The standard InChI is InChI=1S/C13H21N3O3S/c17-20(18,10-12-3-7-19-9-12)16-5-1-2-13(16)8-15-6-4-14-11-15/h4,6,11-13H,1-3,5,7-10H2/t12-,13+/m0/s1. The van der Waals surface area contributed by atoms with Gasteiger partial charge in [-0.3, -0.25) is 0 Å². The molecule has 0 saturated carbocycles. The second kappa shape index (κ2) is 5.83. The van der Waals surface area contributed by atoms with Gasteiger partial charge < -0.3 is 9.30 Å². The van der Waals surface area contributed by atoms with E-state index in [1.54, 1.807) is 16.8 Å². The number of imidazole rings is 1. The molecule has 1 aromatic rings. The van der Waals surface area contributed by atoms with E-state index in [9.17, 15) is 8.42 Å². The number of rotatable bonds is 5. The van der Waals surface area contributed by atoms with Crippen LogP contribution in [0.25, 0.3) is 0 Å². The van der Waals surface area contributed by atoms with Crippen molar-refractivity contribution >= 4 is 10.0 Å². The number of sulfonamides is 1. The summed E-state index contributed by atoms with van der Waals surface area (Å²) in [6.45, 7) is 2.62. The summed E-state index contributed by atoms with van der Waals surface area (Å²) in [5.41, 5.74) is 0. The van der Waals surface area contributed by atoms with Crippen LogP contribution in [0.4, 0.5) is 0 Å². The number of hydrogen-bond donors (Lipinski definition) is 0. The van der Waals surface area contributed by atoms with Gasteiger partial charge >= 0.3 is 0 Å². The van der Waals surface area contributed by atoms with Crippen LogP contribution in [0, 0.1) is 5.92 Å². The quantitative estimate of drug-likeness (QED) is 0.803. The van der Waals surface area contributed by atoms with Gasteiger partial charge in [-0.05, 0) is 25.2 Å². The highest BCUT2D eigenvalue weighted by molar-refractivity contribution is 7.89. The second-order valence-electron chi connectivity index (χ2n) is 5.67. The van der Waals surface area contributed by atoms with E-state index >= 15 is 0 Å². The summed E-state index contributed by atoms with van der Waals surface area (Å²) in [5.74, 6) is 0.391. The predicted octanol–water partition coefficient (Wildman–Crippen LogP) is 0.714. The summed E-state index contributed by atoms with van der Waals surface area (Å²) in [7, 11) is -3.18. The zero-order valence-electron chi connectivity index (χ0n) is 11.5. The van der Waals surface area contributed by atoms with Crippen LogP contribution >= 0.6 is 0 Å². The Bertz CT molecular complexity index is 523. The lowest BCUT2D eigenvalue weighted by molar-refractivity contribution is 0.188. The van der Waals surface area contributed by atoms with E-state index in [0.717, 1.165) is 19.3 Å². The van der Waals surface area contributed by atoms with Crippen LogP contribution in [0.1, 0.15) is 19.3 Å². The summed E-state index contributed by atoms with van der Waals surface area (Å²) in [4.78, 5) is 4.01. The molecule has 0 spiro atoms. The van der Waals surface area contributed by atoms with E-state index in [2.05, 4.69) is 4.98 Å². The Labute approximate surface area is 119 Å². The number of hydrogen-bond acceptors (Lipinski definition) is 4. The summed E-state index contributed by atoms with van der Waals surface area (Å²) in [6, 6.07) is 0.0662. The van der Waals surface area contributed by atoms with E-state index in [-0.39, 0.29) is 17.7 Å². The van der Waals surface area contributed by atoms with Gasteiger partial charge in [0.15, 0.2) is 0 Å². The molecule has 2 atom stereocenters. The van der Waals surface area contributed by atoms with Crippen molar-refractivity contribution < 1.29 is 13.2 Å². The van der Waals surface area contributed by atoms with Crippen molar-refractivity contribution in [3.05, 3.63) is 18.7 Å². The van der Waals surface area contributed by atoms with Gasteiger partial charge in [0.25, 0.3) is 0 Å². The molecule has 6 nitrogen and oxygen atoms in total. The van der Waals surface area contributed by atoms with Crippen LogP contribution in [0.5, 0.6) is 0 Å². The molecule has 0 amide bonds. The molecule has 112 valence electrons. The molecular formula is C13H21N3O3S. The molecule has 20 heavy (non-hydrogen) atoms. The minimum atomic E-state index is -3.18. The Morgan fingerprint density at radius 2 is 2.25 bits per heavy atom. The summed E-state index contributed by atoms with van der Waals surface area (Å²) in [6.07, 6.45) is 8.09. The molecule has 0 radical (unpaired) electrons. The Morgan fingerprint density at radius 3 is 2.95 bits per heavy atom. The van der Waals surface area contributed by atoms with E-state index in [0.29, 0.717) is 26.3 Å².